The van der Waals surface area contributed by atoms with Crippen molar-refractivity contribution >= 4 is 11.0 Å². The van der Waals surface area contributed by atoms with Crippen LogP contribution in [-0.2, 0) is 6.18 Å². The van der Waals surface area contributed by atoms with Gasteiger partial charge in [-0.05, 0) is 12.1 Å². The average molecular weight is 232 g/mol. The summed E-state index contributed by atoms with van der Waals surface area (Å²) < 4.78 is 50.6. The molecule has 1 aromatic heterocycles. The average Bonchev–Trinajstić information content (AvgIpc) is 2.16. The van der Waals surface area contributed by atoms with E-state index >= 15 is 0 Å². The maximum absolute atomic E-state index is 13.1. The largest absolute Gasteiger partial charge is 0.421 e. The van der Waals surface area contributed by atoms with Gasteiger partial charge in [-0.2, -0.15) is 13.2 Å². The summed E-state index contributed by atoms with van der Waals surface area (Å²) in [5, 5.41) is 0. The number of fused-ring (bicyclic) bond motifs is 1. The number of benzene rings is 1. The van der Waals surface area contributed by atoms with Gasteiger partial charge in [0.25, 0.3) is 5.56 Å². The predicted molar refractivity (Wildman–Crippen MR) is 47.3 cm³/mol. The SMILES string of the molecule is O=c1cnc2c(C(F)(F)F)c(F)ccc2[nH]1. The molecule has 0 radical (unpaired) electrons. The van der Waals surface area contributed by atoms with Crippen molar-refractivity contribution in [3.63, 3.8) is 0 Å². The molecule has 3 nitrogen and oxygen atoms in total. The normalized spacial score (nSPS) is 12.0. The molecule has 1 N–H and O–H groups in total. The Morgan fingerprint density at radius 3 is 2.56 bits per heavy atom. The van der Waals surface area contributed by atoms with Crippen LogP contribution < -0.4 is 5.56 Å². The molecule has 0 saturated heterocycles. The molecule has 2 aromatic rings. The number of H-pyrrole nitrogens is 1. The van der Waals surface area contributed by atoms with E-state index in [0.29, 0.717) is 12.3 Å². The Balaban J connectivity index is 2.91. The van der Waals surface area contributed by atoms with E-state index in [9.17, 15) is 22.4 Å². The predicted octanol–water partition coefficient (Wildman–Crippen LogP) is 2.08. The van der Waals surface area contributed by atoms with Gasteiger partial charge < -0.3 is 4.98 Å². The lowest BCUT2D eigenvalue weighted by Gasteiger charge is -2.09. The Hall–Kier alpha value is -1.92. The molecular formula is C9H4F4N2O. The molecule has 0 amide bonds. The van der Waals surface area contributed by atoms with Crippen molar-refractivity contribution in [3.05, 3.63) is 40.1 Å². The second kappa shape index (κ2) is 3.29. The molecule has 0 spiro atoms. The Kier molecular flexibility index (Phi) is 2.18. The zero-order chi connectivity index (χ0) is 11.9. The van der Waals surface area contributed by atoms with Crippen molar-refractivity contribution in [3.8, 4) is 0 Å². The first-order valence-electron chi connectivity index (χ1n) is 4.14. The van der Waals surface area contributed by atoms with E-state index < -0.39 is 28.6 Å². The lowest BCUT2D eigenvalue weighted by atomic mass is 10.1. The zero-order valence-electron chi connectivity index (χ0n) is 7.60. The second-order valence-electron chi connectivity index (χ2n) is 3.06. The maximum atomic E-state index is 13.1. The molecule has 2 rings (SSSR count). The number of halogens is 4. The van der Waals surface area contributed by atoms with Gasteiger partial charge in [0.15, 0.2) is 0 Å². The molecule has 0 atom stereocenters. The molecule has 0 aliphatic carbocycles. The molecule has 0 fully saturated rings. The molecule has 1 heterocycles. The van der Waals surface area contributed by atoms with Crippen LogP contribution in [0.15, 0.2) is 23.1 Å². The molecule has 7 heteroatoms. The van der Waals surface area contributed by atoms with Crippen LogP contribution in [-0.4, -0.2) is 9.97 Å². The first kappa shape index (κ1) is 10.6. The van der Waals surface area contributed by atoms with Crippen molar-refractivity contribution in [2.45, 2.75) is 6.18 Å². The van der Waals surface area contributed by atoms with Crippen LogP contribution in [0.2, 0.25) is 0 Å². The van der Waals surface area contributed by atoms with Gasteiger partial charge in [-0.15, -0.1) is 0 Å². The Labute approximate surface area is 85.7 Å². The first-order chi connectivity index (χ1) is 7.39. The fraction of sp³-hybridized carbons (Fsp3) is 0.111. The van der Waals surface area contributed by atoms with Crippen LogP contribution in [0.1, 0.15) is 5.56 Å². The van der Waals surface area contributed by atoms with Crippen molar-refractivity contribution in [2.24, 2.45) is 0 Å². The van der Waals surface area contributed by atoms with E-state index in [2.05, 4.69) is 9.97 Å². The number of nitrogens with one attached hydrogen (secondary N) is 1. The molecular weight excluding hydrogens is 228 g/mol. The number of aromatic nitrogens is 2. The van der Waals surface area contributed by atoms with Crippen LogP contribution in [0, 0.1) is 5.82 Å². The number of hydrogen-bond donors (Lipinski definition) is 1. The molecule has 0 bridgehead atoms. The number of rotatable bonds is 0. The summed E-state index contributed by atoms with van der Waals surface area (Å²) in [5.41, 5.74) is -2.87. The van der Waals surface area contributed by atoms with Crippen LogP contribution in [0.4, 0.5) is 17.6 Å². The van der Waals surface area contributed by atoms with Gasteiger partial charge in [0, 0.05) is 0 Å². The number of hydrogen-bond acceptors (Lipinski definition) is 2. The number of aromatic amines is 1. The summed E-state index contributed by atoms with van der Waals surface area (Å²) in [6.45, 7) is 0. The summed E-state index contributed by atoms with van der Waals surface area (Å²) in [7, 11) is 0. The summed E-state index contributed by atoms with van der Waals surface area (Å²) in [5.74, 6) is -1.42. The second-order valence-corrected chi connectivity index (χ2v) is 3.06. The van der Waals surface area contributed by atoms with Crippen molar-refractivity contribution in [1.82, 2.24) is 9.97 Å². The fourth-order valence-corrected chi connectivity index (χ4v) is 1.36. The summed E-state index contributed by atoms with van der Waals surface area (Å²) >= 11 is 0. The molecule has 1 aromatic carbocycles. The van der Waals surface area contributed by atoms with Gasteiger partial charge >= 0.3 is 6.18 Å². The van der Waals surface area contributed by atoms with Crippen molar-refractivity contribution < 1.29 is 17.6 Å². The number of nitrogens with zero attached hydrogens (tertiary/aromatic N) is 1. The minimum atomic E-state index is -4.85. The van der Waals surface area contributed by atoms with Crippen molar-refractivity contribution in [1.29, 1.82) is 0 Å². The summed E-state index contributed by atoms with van der Waals surface area (Å²) in [6, 6.07) is 1.68. The molecule has 16 heavy (non-hydrogen) atoms. The van der Waals surface area contributed by atoms with E-state index in [-0.39, 0.29) is 5.52 Å². The Morgan fingerprint density at radius 2 is 1.94 bits per heavy atom. The minimum absolute atomic E-state index is 0.152. The highest BCUT2D eigenvalue weighted by Crippen LogP contribution is 2.34. The first-order valence-corrected chi connectivity index (χ1v) is 4.14. The molecule has 0 aliphatic heterocycles. The quantitative estimate of drug-likeness (QED) is 0.707. The lowest BCUT2D eigenvalue weighted by molar-refractivity contribution is -0.138. The maximum Gasteiger partial charge on any atom is 0.421 e. The number of alkyl halides is 3. The van der Waals surface area contributed by atoms with Crippen LogP contribution in [0.3, 0.4) is 0 Å². The van der Waals surface area contributed by atoms with E-state index in [1.54, 1.807) is 0 Å². The summed E-state index contributed by atoms with van der Waals surface area (Å²) in [6.07, 6.45) is -4.17. The van der Waals surface area contributed by atoms with Gasteiger partial charge in [-0.25, -0.2) is 9.37 Å². The van der Waals surface area contributed by atoms with Gasteiger partial charge in [-0.1, -0.05) is 0 Å². The molecule has 0 saturated carbocycles. The smallest absolute Gasteiger partial charge is 0.319 e. The van der Waals surface area contributed by atoms with E-state index in [0.717, 1.165) is 6.07 Å². The zero-order valence-corrected chi connectivity index (χ0v) is 7.60. The lowest BCUT2D eigenvalue weighted by Crippen LogP contribution is -2.13. The van der Waals surface area contributed by atoms with E-state index in [4.69, 9.17) is 0 Å². The van der Waals surface area contributed by atoms with Gasteiger partial charge in [-0.3, -0.25) is 4.79 Å². The van der Waals surface area contributed by atoms with E-state index in [1.165, 1.54) is 0 Å². The standard InChI is InChI=1S/C9H4F4N2O/c10-4-1-2-5-8(7(4)9(11,12)13)14-3-6(16)15-5/h1-3H,(H,15,16). The van der Waals surface area contributed by atoms with Crippen molar-refractivity contribution in [2.75, 3.05) is 0 Å². The Morgan fingerprint density at radius 1 is 1.25 bits per heavy atom. The van der Waals surface area contributed by atoms with Gasteiger partial charge in [0.2, 0.25) is 0 Å². The topological polar surface area (TPSA) is 45.8 Å². The highest BCUT2D eigenvalue weighted by atomic mass is 19.4. The third-order valence-corrected chi connectivity index (χ3v) is 1.98. The minimum Gasteiger partial charge on any atom is -0.319 e. The monoisotopic (exact) mass is 232 g/mol. The van der Waals surface area contributed by atoms with E-state index in [1.807, 2.05) is 0 Å². The van der Waals surface area contributed by atoms with Crippen LogP contribution in [0.25, 0.3) is 11.0 Å². The van der Waals surface area contributed by atoms with Crippen LogP contribution in [0.5, 0.6) is 0 Å². The Bertz CT molecular complexity index is 602. The third kappa shape index (κ3) is 1.64. The molecule has 0 aliphatic rings. The molecule has 84 valence electrons. The highest BCUT2D eigenvalue weighted by molar-refractivity contribution is 5.78. The van der Waals surface area contributed by atoms with Crippen LogP contribution >= 0.6 is 0 Å². The summed E-state index contributed by atoms with van der Waals surface area (Å²) in [4.78, 5) is 16.3. The highest BCUT2D eigenvalue weighted by Gasteiger charge is 2.37. The van der Waals surface area contributed by atoms with Gasteiger partial charge in [0.05, 0.1) is 11.7 Å². The fourth-order valence-electron chi connectivity index (χ4n) is 1.36. The third-order valence-electron chi connectivity index (χ3n) is 1.98. The van der Waals surface area contributed by atoms with Gasteiger partial charge in [0.1, 0.15) is 16.9 Å². The molecule has 0 unspecified atom stereocenters.